The minimum absolute atomic E-state index is 0.0111. The van der Waals surface area contributed by atoms with Gasteiger partial charge in [0, 0.05) is 76.7 Å². The Labute approximate surface area is 692 Å². The minimum Gasteiger partial charge on any atom is -0.444 e. The summed E-state index contributed by atoms with van der Waals surface area (Å²) in [5, 5.41) is 7.36. The third-order valence-electron chi connectivity index (χ3n) is 27.1. The van der Waals surface area contributed by atoms with E-state index in [1.807, 2.05) is 112 Å². The quantitative estimate of drug-likeness (QED) is 0.0768. The molecule has 8 fully saturated rings. The number of nitrogens with zero attached hydrogens (tertiary/aromatic N) is 8. The van der Waals surface area contributed by atoms with Gasteiger partial charge in [-0.3, -0.25) is 14.8 Å². The highest BCUT2D eigenvalue weighted by atomic mass is 19.3. The zero-order valence-corrected chi connectivity index (χ0v) is 67.8. The van der Waals surface area contributed by atoms with Crippen LogP contribution in [0.2, 0.25) is 0 Å². The SMILES string of the molecule is CC(C)(C)OC(=O)N1CC2(CC2)C[C@H]1c1ncc(-c2ccc3c(c2)C(F)(F)c2cc(-c4ccc5nc([C@@H]6[C@H]7CC[C@H](C7)N6C(=O)OC(C)(C)C)n(C(=O)OCc6ccccc6)c5c4)ccc2-3)n1C(=O)OCc1ccccc1.FC1(F)c2cc(-c3ccc4c(c3)CC([C@H]3N[C@@H]5CC[C@H]3C5)=N4)ccc2-c2ccc(-c3cnc([C@@H]4CC5(CC5)CN4)[nH]3)cc21. The Balaban J connectivity index is 0.000000173. The fourth-order valence-electron chi connectivity index (χ4n) is 20.7. The molecule has 120 heavy (non-hydrogen) atoms. The summed E-state index contributed by atoms with van der Waals surface area (Å²) in [6, 6.07) is 50.7. The number of carbonyl (C=O) groups excluding carboxylic acids is 4. The number of aromatic amines is 1. The first kappa shape index (κ1) is 75.9. The zero-order valence-electron chi connectivity index (χ0n) is 67.8. The molecular formula is C97H93F4N11O8. The van der Waals surface area contributed by atoms with E-state index in [4.69, 9.17) is 33.9 Å². The van der Waals surface area contributed by atoms with E-state index in [0.29, 0.717) is 92.2 Å². The van der Waals surface area contributed by atoms with Crippen LogP contribution < -0.4 is 10.6 Å². The van der Waals surface area contributed by atoms with Gasteiger partial charge in [0.25, 0.3) is 11.8 Å². The van der Waals surface area contributed by atoms with Gasteiger partial charge >= 0.3 is 24.4 Å². The summed E-state index contributed by atoms with van der Waals surface area (Å²) >= 11 is 0. The van der Waals surface area contributed by atoms with E-state index in [-0.39, 0.29) is 70.4 Å². The molecule has 612 valence electrons. The van der Waals surface area contributed by atoms with E-state index in [2.05, 4.69) is 32.7 Å². The van der Waals surface area contributed by atoms with Crippen molar-refractivity contribution >= 4 is 46.8 Å². The van der Waals surface area contributed by atoms with Gasteiger partial charge in [-0.25, -0.2) is 43.3 Å². The standard InChI is InChI=1S/C61H60F2N6O8.C36H33F2N5/c1-58(2,3)76-54(70)66-35-60(25-26-60)31-49(66)52-64-32-50(69(52)56(72)75-34-37-15-11-8-12-16-37)40-19-23-44-43-22-18-38(28-45(43)61(62,63)46(44)29-40)39-20-24-47-48(30-39)68(55(71)74-33-36-13-9-7-10-14-36)53(65-47)51-41-17-21-42(27-41)67(51)57(73)77-59(4,5)6;37-36(38)27-13-20(19-4-8-29-23(11-19)15-30(42-29)33-22-1-5-24(12-22)41-33)2-6-25(27)26-7-3-21(14-28(26)36)32-17-39-34(43-32)31-16-35(9-10-35)18-40-31/h7-16,18-20,22-24,28-30,32,41-42,49,51H,17,21,25-27,31,33-35H2,1-6H3;2-4,6-8,11,13-14,17,22,24,31,33,40-41H,1,5,9-10,12,15-16,18H2,(H,39,43)/t41-,42+,49-,51-;22-,24+,31-,33-/m00/s1. The number of hydrogen-bond donors (Lipinski definition) is 3. The number of aromatic nitrogens is 6. The molecule has 6 aliphatic carbocycles. The Morgan fingerprint density at radius 1 is 0.542 bits per heavy atom. The van der Waals surface area contributed by atoms with Gasteiger partial charge in [-0.15, -0.1) is 0 Å². The van der Waals surface area contributed by atoms with E-state index in [1.54, 1.807) is 91.4 Å². The molecule has 11 aliphatic rings. The number of aliphatic imine (C=N–C) groups is 1. The number of H-pyrrole nitrogens is 1. The second-order valence-electron chi connectivity index (χ2n) is 37.4. The largest absolute Gasteiger partial charge is 0.444 e. The second kappa shape index (κ2) is 28.0. The average molecular weight is 1620 g/mol. The van der Waals surface area contributed by atoms with Gasteiger partial charge in [0.1, 0.15) is 41.9 Å². The van der Waals surface area contributed by atoms with Crippen LogP contribution in [-0.2, 0) is 50.4 Å². The number of ether oxygens (including phenoxy) is 4. The molecule has 4 bridgehead atoms. The number of benzene rings is 8. The van der Waals surface area contributed by atoms with Crippen molar-refractivity contribution in [1.82, 2.24) is 49.5 Å². The van der Waals surface area contributed by atoms with Gasteiger partial charge in [0.2, 0.25) is 0 Å². The molecule has 4 saturated heterocycles. The Hall–Kier alpha value is -11.6. The van der Waals surface area contributed by atoms with Crippen LogP contribution in [0.4, 0.5) is 42.4 Å². The van der Waals surface area contributed by atoms with Crippen LogP contribution in [0.15, 0.2) is 187 Å². The molecule has 19 nitrogen and oxygen atoms in total. The molecule has 3 N–H and O–H groups in total. The number of amides is 2. The van der Waals surface area contributed by atoms with E-state index in [0.717, 1.165) is 96.5 Å². The van der Waals surface area contributed by atoms with Crippen LogP contribution in [0.3, 0.4) is 0 Å². The molecule has 11 aromatic rings. The van der Waals surface area contributed by atoms with Crippen LogP contribution in [0, 0.1) is 22.7 Å². The van der Waals surface area contributed by atoms with Gasteiger partial charge in [0.15, 0.2) is 0 Å². The highest BCUT2D eigenvalue weighted by Crippen LogP contribution is 2.61. The number of nitrogens with one attached hydrogen (secondary N) is 3. The Morgan fingerprint density at radius 2 is 1.11 bits per heavy atom. The molecule has 4 saturated carbocycles. The zero-order chi connectivity index (χ0) is 82.3. The van der Waals surface area contributed by atoms with Crippen molar-refractivity contribution in [3.8, 4) is 67.0 Å². The van der Waals surface area contributed by atoms with Crippen LogP contribution in [0.25, 0.3) is 78.1 Å². The summed E-state index contributed by atoms with van der Waals surface area (Å²) in [6.45, 7) is 12.3. The molecule has 0 unspecified atom stereocenters. The normalized spacial score (nSPS) is 23.3. The summed E-state index contributed by atoms with van der Waals surface area (Å²) < 4.78 is 93.3. The first-order chi connectivity index (χ1) is 57.7. The maximum Gasteiger partial charge on any atom is 0.420 e. The Morgan fingerprint density at radius 3 is 1.72 bits per heavy atom. The summed E-state index contributed by atoms with van der Waals surface area (Å²) in [5.74, 6) is -4.32. The Bertz CT molecular complexity index is 6070. The molecule has 0 radical (unpaired) electrons. The van der Waals surface area contributed by atoms with Gasteiger partial charge in [-0.1, -0.05) is 121 Å². The second-order valence-corrected chi connectivity index (χ2v) is 37.4. The molecule has 22 rings (SSSR count). The lowest BCUT2D eigenvalue weighted by molar-refractivity contribution is 0.00558. The number of likely N-dealkylation sites (tertiary alicyclic amines) is 2. The highest BCUT2D eigenvalue weighted by Gasteiger charge is 2.57. The first-order valence-electron chi connectivity index (χ1n) is 42.3. The average Bonchev–Trinajstić information content (AvgIpc) is 1.59. The fourth-order valence-corrected chi connectivity index (χ4v) is 20.7. The summed E-state index contributed by atoms with van der Waals surface area (Å²) in [6.07, 6.45) is 13.9. The van der Waals surface area contributed by atoms with E-state index < -0.39 is 59.5 Å². The van der Waals surface area contributed by atoms with Crippen LogP contribution in [0.5, 0.6) is 0 Å². The highest BCUT2D eigenvalue weighted by molar-refractivity contribution is 5.99. The fraction of sp³-hybridized carbons (Fsp3) is 0.381. The van der Waals surface area contributed by atoms with Crippen molar-refractivity contribution in [3.63, 3.8) is 0 Å². The van der Waals surface area contributed by atoms with Crippen LogP contribution in [-0.4, -0.2) is 111 Å². The van der Waals surface area contributed by atoms with Crippen LogP contribution >= 0.6 is 0 Å². The van der Waals surface area contributed by atoms with Crippen molar-refractivity contribution < 1.29 is 55.7 Å². The molecular weight excluding hydrogens is 1520 g/mol. The van der Waals surface area contributed by atoms with E-state index >= 15 is 17.6 Å². The van der Waals surface area contributed by atoms with Crippen molar-refractivity contribution in [2.45, 2.75) is 198 Å². The summed E-state index contributed by atoms with van der Waals surface area (Å²) in [7, 11) is 0. The summed E-state index contributed by atoms with van der Waals surface area (Å²) in [4.78, 5) is 82.8. The number of halogens is 4. The maximum absolute atomic E-state index is 17.3. The van der Waals surface area contributed by atoms with Gasteiger partial charge in [0.05, 0.1) is 58.6 Å². The number of imidazole rings is 3. The third kappa shape index (κ3) is 13.4. The number of alkyl halides is 4. The maximum atomic E-state index is 17.3. The van der Waals surface area contributed by atoms with Gasteiger partial charge < -0.3 is 34.6 Å². The molecule has 8 atom stereocenters. The van der Waals surface area contributed by atoms with Crippen molar-refractivity contribution in [2.75, 3.05) is 13.1 Å². The van der Waals surface area contributed by atoms with Gasteiger partial charge in [-0.2, -0.15) is 17.6 Å². The predicted molar refractivity (Wildman–Crippen MR) is 447 cm³/mol. The number of hydrogen-bond acceptors (Lipinski definition) is 14. The molecule has 23 heteroatoms. The van der Waals surface area contributed by atoms with Crippen molar-refractivity contribution in [2.24, 2.45) is 27.7 Å². The summed E-state index contributed by atoms with van der Waals surface area (Å²) in [5.41, 5.74) is 11.1. The third-order valence-corrected chi connectivity index (χ3v) is 27.1. The van der Waals surface area contributed by atoms with Crippen LogP contribution in [0.1, 0.15) is 193 Å². The number of carbonyl (C=O) groups is 4. The lowest BCUT2D eigenvalue weighted by Crippen LogP contribution is -2.44. The number of rotatable bonds is 12. The smallest absolute Gasteiger partial charge is 0.420 e. The topological polar surface area (TPSA) is 212 Å². The lowest BCUT2D eigenvalue weighted by Gasteiger charge is -2.36. The Kier molecular flexibility index (Phi) is 17.7. The molecule has 8 aromatic carbocycles. The van der Waals surface area contributed by atoms with E-state index in [9.17, 15) is 19.2 Å². The minimum atomic E-state index is -3.48. The molecule has 2 spiro atoms. The number of fused-ring (bicyclic) bond motifs is 12. The van der Waals surface area contributed by atoms with Gasteiger partial charge in [-0.05, 0) is 251 Å². The molecule has 5 aliphatic heterocycles. The molecule has 3 aromatic heterocycles. The van der Waals surface area contributed by atoms with Crippen molar-refractivity contribution in [3.05, 3.63) is 239 Å². The lowest BCUT2D eigenvalue weighted by atomic mass is 9.92. The molecule has 8 heterocycles. The molecule has 2 amide bonds. The number of piperidine rings is 2. The van der Waals surface area contributed by atoms with E-state index in [1.165, 1.54) is 70.8 Å². The monoisotopic (exact) mass is 1620 g/mol. The predicted octanol–water partition coefficient (Wildman–Crippen LogP) is 21.4. The first-order valence-corrected chi connectivity index (χ1v) is 42.3. The van der Waals surface area contributed by atoms with Crippen molar-refractivity contribution in [1.29, 1.82) is 0 Å².